The summed E-state index contributed by atoms with van der Waals surface area (Å²) in [6.45, 7) is 3.81. The van der Waals surface area contributed by atoms with E-state index >= 15 is 0 Å². The third-order valence-corrected chi connectivity index (χ3v) is 4.30. The molecule has 0 radical (unpaired) electrons. The molecule has 2 rings (SSSR count). The first-order valence-electron chi connectivity index (χ1n) is 9.52. The molecule has 2 aromatic carbocycles. The summed E-state index contributed by atoms with van der Waals surface area (Å²) in [4.78, 5) is 18.2. The highest BCUT2D eigenvalue weighted by molar-refractivity contribution is 5.93. The van der Waals surface area contributed by atoms with Gasteiger partial charge in [-0.25, -0.2) is 4.99 Å². The Morgan fingerprint density at radius 1 is 1.03 bits per heavy atom. The second-order valence-electron chi connectivity index (χ2n) is 6.60. The Morgan fingerprint density at radius 2 is 1.76 bits per heavy atom. The van der Waals surface area contributed by atoms with Crippen molar-refractivity contribution in [3.8, 4) is 11.5 Å². The molecule has 0 saturated carbocycles. The van der Waals surface area contributed by atoms with Crippen molar-refractivity contribution in [2.24, 2.45) is 4.99 Å². The summed E-state index contributed by atoms with van der Waals surface area (Å²) in [5.41, 5.74) is 2.67. The Bertz CT molecular complexity index is 832. The molecule has 1 amide bonds. The standard InChI is InChI=1S/C22H30N4O3/c1-6-23-22(25-15-18-8-7-9-19(28-4)20(18)29-5)24-14-16-10-12-17(13-11-16)21(27)26(2)3/h7-13H,6,14-15H2,1-5H3,(H2,23,24,25). The van der Waals surface area contributed by atoms with Crippen LogP contribution in [-0.4, -0.2) is 51.6 Å². The lowest BCUT2D eigenvalue weighted by Crippen LogP contribution is -2.36. The SMILES string of the molecule is CCNC(=NCc1ccc(C(=O)N(C)C)cc1)NCc1cccc(OC)c1OC. The van der Waals surface area contributed by atoms with Crippen LogP contribution in [0.1, 0.15) is 28.4 Å². The molecule has 0 heterocycles. The Hall–Kier alpha value is -3.22. The van der Waals surface area contributed by atoms with E-state index in [0.717, 1.165) is 17.7 Å². The molecule has 0 aliphatic carbocycles. The average Bonchev–Trinajstić information content (AvgIpc) is 2.74. The fraction of sp³-hybridized carbons (Fsp3) is 0.364. The monoisotopic (exact) mass is 398 g/mol. The molecule has 0 aromatic heterocycles. The molecule has 0 aliphatic heterocycles. The molecule has 0 saturated heterocycles. The van der Waals surface area contributed by atoms with Gasteiger partial charge >= 0.3 is 0 Å². The maximum absolute atomic E-state index is 12.0. The normalized spacial score (nSPS) is 11.0. The van der Waals surface area contributed by atoms with Gasteiger partial charge in [0.15, 0.2) is 17.5 Å². The molecule has 156 valence electrons. The van der Waals surface area contributed by atoms with E-state index in [1.165, 1.54) is 0 Å². The summed E-state index contributed by atoms with van der Waals surface area (Å²) in [5, 5.41) is 6.56. The first-order valence-corrected chi connectivity index (χ1v) is 9.52. The van der Waals surface area contributed by atoms with Gasteiger partial charge in [0.25, 0.3) is 5.91 Å². The summed E-state index contributed by atoms with van der Waals surface area (Å²) in [5.74, 6) is 2.09. The van der Waals surface area contributed by atoms with Crippen LogP contribution >= 0.6 is 0 Å². The van der Waals surface area contributed by atoms with Crippen LogP contribution in [0.15, 0.2) is 47.5 Å². The van der Waals surface area contributed by atoms with E-state index in [0.29, 0.717) is 36.1 Å². The summed E-state index contributed by atoms with van der Waals surface area (Å²) in [6.07, 6.45) is 0. The Balaban J connectivity index is 2.06. The summed E-state index contributed by atoms with van der Waals surface area (Å²) in [7, 11) is 6.74. The van der Waals surface area contributed by atoms with Crippen molar-refractivity contribution < 1.29 is 14.3 Å². The maximum atomic E-state index is 12.0. The molecule has 7 heteroatoms. The van der Waals surface area contributed by atoms with Gasteiger partial charge < -0.3 is 25.0 Å². The first kappa shape index (κ1) is 22.1. The molecule has 29 heavy (non-hydrogen) atoms. The van der Waals surface area contributed by atoms with E-state index in [9.17, 15) is 4.79 Å². The number of nitrogens with one attached hydrogen (secondary N) is 2. The van der Waals surface area contributed by atoms with E-state index in [4.69, 9.17) is 9.47 Å². The number of nitrogens with zero attached hydrogens (tertiary/aromatic N) is 2. The number of carbonyl (C=O) groups is 1. The molecule has 0 bridgehead atoms. The predicted molar refractivity (Wildman–Crippen MR) is 116 cm³/mol. The topological polar surface area (TPSA) is 75.2 Å². The van der Waals surface area contributed by atoms with E-state index in [2.05, 4.69) is 15.6 Å². The number of guanidine groups is 1. The van der Waals surface area contributed by atoms with Crippen molar-refractivity contribution in [3.05, 3.63) is 59.2 Å². The van der Waals surface area contributed by atoms with Gasteiger partial charge in [0.1, 0.15) is 0 Å². The number of amides is 1. The minimum absolute atomic E-state index is 0.0118. The number of carbonyl (C=O) groups excluding carboxylic acids is 1. The number of benzene rings is 2. The van der Waals surface area contributed by atoms with Crippen LogP contribution in [0.5, 0.6) is 11.5 Å². The van der Waals surface area contributed by atoms with Crippen molar-refractivity contribution in [1.82, 2.24) is 15.5 Å². The second-order valence-corrected chi connectivity index (χ2v) is 6.60. The zero-order valence-electron chi connectivity index (χ0n) is 17.8. The highest BCUT2D eigenvalue weighted by atomic mass is 16.5. The van der Waals surface area contributed by atoms with Gasteiger partial charge in [0.05, 0.1) is 20.8 Å². The zero-order chi connectivity index (χ0) is 21.2. The van der Waals surface area contributed by atoms with Crippen LogP contribution in [0.2, 0.25) is 0 Å². The number of aliphatic imine (C=N–C) groups is 1. The number of ether oxygens (including phenoxy) is 2. The number of hydrogen-bond acceptors (Lipinski definition) is 4. The van der Waals surface area contributed by atoms with Crippen LogP contribution in [0, 0.1) is 0 Å². The van der Waals surface area contributed by atoms with E-state index in [-0.39, 0.29) is 5.91 Å². The van der Waals surface area contributed by atoms with Crippen LogP contribution in [-0.2, 0) is 13.1 Å². The summed E-state index contributed by atoms with van der Waals surface area (Å²) in [6, 6.07) is 13.3. The van der Waals surface area contributed by atoms with Gasteiger partial charge in [-0.1, -0.05) is 24.3 Å². The van der Waals surface area contributed by atoms with Gasteiger partial charge in [-0.3, -0.25) is 4.79 Å². The van der Waals surface area contributed by atoms with Crippen molar-refractivity contribution in [2.45, 2.75) is 20.0 Å². The van der Waals surface area contributed by atoms with Gasteiger partial charge in [0, 0.05) is 38.3 Å². The number of hydrogen-bond donors (Lipinski definition) is 2. The Labute approximate surface area is 172 Å². The molecule has 2 aromatic rings. The van der Waals surface area contributed by atoms with Gasteiger partial charge in [-0.2, -0.15) is 0 Å². The number of rotatable bonds is 8. The van der Waals surface area contributed by atoms with Crippen molar-refractivity contribution >= 4 is 11.9 Å². The molecule has 2 N–H and O–H groups in total. The van der Waals surface area contributed by atoms with Gasteiger partial charge in [-0.15, -0.1) is 0 Å². The van der Waals surface area contributed by atoms with Crippen LogP contribution in [0.3, 0.4) is 0 Å². The molecule has 0 fully saturated rings. The lowest BCUT2D eigenvalue weighted by molar-refractivity contribution is 0.0827. The Kier molecular flexibility index (Phi) is 8.33. The van der Waals surface area contributed by atoms with Crippen molar-refractivity contribution in [1.29, 1.82) is 0 Å². The number of methoxy groups -OCH3 is 2. The number of para-hydroxylation sites is 1. The lowest BCUT2D eigenvalue weighted by Gasteiger charge is -2.15. The quantitative estimate of drug-likeness (QED) is 0.528. The fourth-order valence-corrected chi connectivity index (χ4v) is 2.79. The third kappa shape index (κ3) is 6.14. The maximum Gasteiger partial charge on any atom is 0.253 e. The molecule has 0 unspecified atom stereocenters. The van der Waals surface area contributed by atoms with E-state index < -0.39 is 0 Å². The summed E-state index contributed by atoms with van der Waals surface area (Å²) < 4.78 is 10.8. The minimum Gasteiger partial charge on any atom is -0.493 e. The van der Waals surface area contributed by atoms with Crippen LogP contribution in [0.25, 0.3) is 0 Å². The second kappa shape index (κ2) is 10.9. The summed E-state index contributed by atoms with van der Waals surface area (Å²) >= 11 is 0. The average molecular weight is 399 g/mol. The van der Waals surface area contributed by atoms with Gasteiger partial charge in [-0.05, 0) is 30.7 Å². The zero-order valence-corrected chi connectivity index (χ0v) is 17.8. The van der Waals surface area contributed by atoms with Crippen LogP contribution < -0.4 is 20.1 Å². The highest BCUT2D eigenvalue weighted by Gasteiger charge is 2.10. The lowest BCUT2D eigenvalue weighted by atomic mass is 10.1. The first-order chi connectivity index (χ1) is 14.0. The molecular formula is C22H30N4O3. The molecule has 0 aliphatic rings. The fourth-order valence-electron chi connectivity index (χ4n) is 2.79. The largest absolute Gasteiger partial charge is 0.493 e. The van der Waals surface area contributed by atoms with Crippen LogP contribution in [0.4, 0.5) is 0 Å². The predicted octanol–water partition coefficient (Wildman–Crippen LogP) is 2.66. The minimum atomic E-state index is -0.0118. The van der Waals surface area contributed by atoms with Gasteiger partial charge in [0.2, 0.25) is 0 Å². The van der Waals surface area contributed by atoms with E-state index in [1.807, 2.05) is 49.4 Å². The molecular weight excluding hydrogens is 368 g/mol. The van der Waals surface area contributed by atoms with Crippen molar-refractivity contribution in [3.63, 3.8) is 0 Å². The molecule has 0 spiro atoms. The molecule has 7 nitrogen and oxygen atoms in total. The van der Waals surface area contributed by atoms with E-state index in [1.54, 1.807) is 33.2 Å². The molecule has 0 atom stereocenters. The highest BCUT2D eigenvalue weighted by Crippen LogP contribution is 2.30. The third-order valence-electron chi connectivity index (χ3n) is 4.30. The Morgan fingerprint density at radius 3 is 2.34 bits per heavy atom. The smallest absolute Gasteiger partial charge is 0.253 e. The van der Waals surface area contributed by atoms with Crippen molar-refractivity contribution in [2.75, 3.05) is 34.9 Å².